The van der Waals surface area contributed by atoms with Gasteiger partial charge in [-0.2, -0.15) is 0 Å². The van der Waals surface area contributed by atoms with E-state index in [1.54, 1.807) is 24.5 Å². The minimum atomic E-state index is -0.295. The van der Waals surface area contributed by atoms with Crippen molar-refractivity contribution in [1.29, 1.82) is 0 Å². The molecule has 2 unspecified atom stereocenters. The summed E-state index contributed by atoms with van der Waals surface area (Å²) in [5.41, 5.74) is 2.42. The minimum Gasteiger partial charge on any atom is -0.461 e. The van der Waals surface area contributed by atoms with Crippen LogP contribution in [0.2, 0.25) is 10.0 Å². The number of guanidine groups is 1. The van der Waals surface area contributed by atoms with Crippen LogP contribution in [-0.2, 0) is 0 Å². The summed E-state index contributed by atoms with van der Waals surface area (Å²) < 4.78 is 5.49. The highest BCUT2D eigenvalue weighted by atomic mass is 35.5. The molecule has 2 aromatic heterocycles. The van der Waals surface area contributed by atoms with Crippen LogP contribution in [0, 0.1) is 6.92 Å². The van der Waals surface area contributed by atoms with Crippen molar-refractivity contribution in [1.82, 2.24) is 14.9 Å². The summed E-state index contributed by atoms with van der Waals surface area (Å²) in [6, 6.07) is 6.58. The van der Waals surface area contributed by atoms with Gasteiger partial charge in [0.05, 0.1) is 45.3 Å². The van der Waals surface area contributed by atoms with Gasteiger partial charge >= 0.3 is 0 Å². The highest BCUT2D eigenvalue weighted by Crippen LogP contribution is 2.38. The van der Waals surface area contributed by atoms with E-state index < -0.39 is 0 Å². The number of anilines is 1. The van der Waals surface area contributed by atoms with E-state index in [1.165, 1.54) is 0 Å². The zero-order valence-corrected chi connectivity index (χ0v) is 17.6. The smallest absolute Gasteiger partial charge is 0.257 e. The molecule has 5 rings (SSSR count). The molecule has 3 aromatic rings. The van der Waals surface area contributed by atoms with Gasteiger partial charge < -0.3 is 19.6 Å². The zero-order chi connectivity index (χ0) is 21.0. The van der Waals surface area contributed by atoms with E-state index in [1.807, 2.05) is 37.1 Å². The van der Waals surface area contributed by atoms with Crippen LogP contribution in [0.25, 0.3) is 17.7 Å². The van der Waals surface area contributed by atoms with E-state index in [4.69, 9.17) is 32.6 Å². The number of para-hydroxylation sites is 1. The van der Waals surface area contributed by atoms with Crippen LogP contribution in [0.3, 0.4) is 0 Å². The molecule has 2 N–H and O–H groups in total. The molecular weight excluding hydrogens is 425 g/mol. The first-order valence-corrected chi connectivity index (χ1v) is 10.1. The molecule has 152 valence electrons. The monoisotopic (exact) mass is 441 g/mol. The molecule has 0 spiro atoms. The Kier molecular flexibility index (Phi) is 4.45. The topological polar surface area (TPSA) is 86.5 Å². The van der Waals surface area contributed by atoms with Crippen molar-refractivity contribution in [3.63, 3.8) is 0 Å². The number of benzene rings is 1. The Bertz CT molecular complexity index is 1260. The molecule has 1 aliphatic heterocycles. The lowest BCUT2D eigenvalue weighted by molar-refractivity contribution is 0.379. The molecule has 0 fully saturated rings. The van der Waals surface area contributed by atoms with Crippen molar-refractivity contribution in [2.45, 2.75) is 19.0 Å². The number of furan rings is 1. The second kappa shape index (κ2) is 7.04. The summed E-state index contributed by atoms with van der Waals surface area (Å²) in [5.74, 6) is 1.53. The summed E-state index contributed by atoms with van der Waals surface area (Å²) >= 11 is 12.6. The third-order valence-electron chi connectivity index (χ3n) is 5.35. The number of H-pyrrole nitrogens is 1. The van der Waals surface area contributed by atoms with Crippen molar-refractivity contribution >= 4 is 40.9 Å². The SMILES string of the molecule is Cc1ccoc1-c1nc2c(c(=O)[nH]1)C1C(C=C2)N=C(Nc2c(Cl)cccc2Cl)N1C. The van der Waals surface area contributed by atoms with Gasteiger partial charge in [-0.3, -0.25) is 4.79 Å². The summed E-state index contributed by atoms with van der Waals surface area (Å²) in [5, 5.41) is 4.18. The number of aromatic nitrogens is 2. The number of halogens is 2. The molecular formula is C21H17Cl2N5O2. The van der Waals surface area contributed by atoms with Gasteiger partial charge in [-0.25, -0.2) is 9.98 Å². The molecule has 0 saturated carbocycles. The average Bonchev–Trinajstić information content (AvgIpc) is 3.28. The van der Waals surface area contributed by atoms with Gasteiger partial charge in [0.15, 0.2) is 17.5 Å². The lowest BCUT2D eigenvalue weighted by atomic mass is 9.93. The van der Waals surface area contributed by atoms with E-state index in [0.717, 1.165) is 5.56 Å². The van der Waals surface area contributed by atoms with Gasteiger partial charge in [0.1, 0.15) is 0 Å². The van der Waals surface area contributed by atoms with E-state index in [0.29, 0.717) is 44.5 Å². The molecule has 0 saturated heterocycles. The lowest BCUT2D eigenvalue weighted by Gasteiger charge is -2.28. The standard InChI is InChI=1S/C21H17Cl2N5O2/c1-10-8-9-30-18(10)19-24-13-6-7-14-17(15(13)20(29)27-19)28(2)21(25-14)26-16-11(22)4-3-5-12(16)23/h3-9,14,17H,1-2H3,(H,25,26)(H,24,27,29). The Labute approximate surface area is 182 Å². The summed E-state index contributed by atoms with van der Waals surface area (Å²) in [7, 11) is 1.87. The normalized spacial score (nSPS) is 19.5. The van der Waals surface area contributed by atoms with Crippen LogP contribution in [0.1, 0.15) is 22.9 Å². The number of aryl methyl sites for hydroxylation is 1. The van der Waals surface area contributed by atoms with Crippen molar-refractivity contribution in [2.75, 3.05) is 12.4 Å². The number of fused-ring (bicyclic) bond motifs is 3. The number of hydrogen-bond acceptors (Lipinski definition) is 6. The van der Waals surface area contributed by atoms with Crippen molar-refractivity contribution < 1.29 is 4.42 Å². The van der Waals surface area contributed by atoms with Crippen LogP contribution in [0.5, 0.6) is 0 Å². The van der Waals surface area contributed by atoms with E-state index in [-0.39, 0.29) is 17.6 Å². The van der Waals surface area contributed by atoms with Gasteiger partial charge in [-0.15, -0.1) is 0 Å². The number of nitrogens with one attached hydrogen (secondary N) is 2. The van der Waals surface area contributed by atoms with Gasteiger partial charge in [-0.1, -0.05) is 35.3 Å². The van der Waals surface area contributed by atoms with Gasteiger partial charge in [0.25, 0.3) is 5.56 Å². The predicted octanol–water partition coefficient (Wildman–Crippen LogP) is 4.50. The van der Waals surface area contributed by atoms with E-state index in [2.05, 4.69) is 15.3 Å². The second-order valence-electron chi connectivity index (χ2n) is 7.23. The highest BCUT2D eigenvalue weighted by molar-refractivity contribution is 6.39. The van der Waals surface area contributed by atoms with Gasteiger partial charge in [0, 0.05) is 7.05 Å². The Balaban J connectivity index is 1.52. The number of hydrogen-bond donors (Lipinski definition) is 2. The first kappa shape index (κ1) is 19.0. The molecule has 2 atom stereocenters. The molecule has 1 aliphatic carbocycles. The summed E-state index contributed by atoms with van der Waals surface area (Å²) in [6.07, 6.45) is 5.35. The number of aliphatic imine (C=N–C) groups is 1. The quantitative estimate of drug-likeness (QED) is 0.611. The Morgan fingerprint density at radius 3 is 2.70 bits per heavy atom. The van der Waals surface area contributed by atoms with Crippen molar-refractivity contribution in [3.05, 3.63) is 73.8 Å². The summed E-state index contributed by atoms with van der Waals surface area (Å²) in [6.45, 7) is 1.90. The van der Waals surface area contributed by atoms with E-state index >= 15 is 0 Å². The molecule has 0 amide bonds. The second-order valence-corrected chi connectivity index (χ2v) is 8.04. The molecule has 30 heavy (non-hydrogen) atoms. The van der Waals surface area contributed by atoms with Crippen LogP contribution < -0.4 is 10.9 Å². The van der Waals surface area contributed by atoms with Crippen LogP contribution >= 0.6 is 23.2 Å². The first-order valence-electron chi connectivity index (χ1n) is 9.32. The molecule has 7 nitrogen and oxygen atoms in total. The fraction of sp³-hybridized carbons (Fsp3) is 0.190. The van der Waals surface area contributed by atoms with E-state index in [9.17, 15) is 4.79 Å². The first-order chi connectivity index (χ1) is 14.4. The molecule has 1 aromatic carbocycles. The average molecular weight is 442 g/mol. The van der Waals surface area contributed by atoms with Crippen LogP contribution in [-0.4, -0.2) is 33.9 Å². The van der Waals surface area contributed by atoms with Crippen LogP contribution in [0.4, 0.5) is 5.69 Å². The minimum absolute atomic E-state index is 0.218. The molecule has 0 bridgehead atoms. The molecule has 0 radical (unpaired) electrons. The molecule has 3 heterocycles. The third kappa shape index (κ3) is 2.93. The summed E-state index contributed by atoms with van der Waals surface area (Å²) in [4.78, 5) is 27.2. The lowest BCUT2D eigenvalue weighted by Crippen LogP contribution is -2.38. The largest absolute Gasteiger partial charge is 0.461 e. The fourth-order valence-corrected chi connectivity index (χ4v) is 4.34. The maximum atomic E-state index is 13.0. The van der Waals surface area contributed by atoms with Crippen molar-refractivity contribution in [2.24, 2.45) is 4.99 Å². The maximum absolute atomic E-state index is 13.0. The fourth-order valence-electron chi connectivity index (χ4n) is 3.85. The van der Waals surface area contributed by atoms with Gasteiger partial charge in [0.2, 0.25) is 0 Å². The number of nitrogens with zero attached hydrogens (tertiary/aromatic N) is 3. The Hall–Kier alpha value is -3.03. The Morgan fingerprint density at radius 1 is 1.23 bits per heavy atom. The third-order valence-corrected chi connectivity index (χ3v) is 5.98. The van der Waals surface area contributed by atoms with Crippen molar-refractivity contribution in [3.8, 4) is 11.6 Å². The van der Waals surface area contributed by atoms with Crippen LogP contribution in [0.15, 0.2) is 50.8 Å². The number of rotatable bonds is 2. The number of likely N-dealkylation sites (N-methyl/N-ethyl adjacent to an activating group) is 1. The number of aromatic amines is 1. The zero-order valence-electron chi connectivity index (χ0n) is 16.1. The molecule has 2 aliphatic rings. The highest BCUT2D eigenvalue weighted by Gasteiger charge is 2.39. The van der Waals surface area contributed by atoms with Gasteiger partial charge in [-0.05, 0) is 36.8 Å². The Morgan fingerprint density at radius 2 is 2.00 bits per heavy atom. The maximum Gasteiger partial charge on any atom is 0.257 e. The molecule has 9 heteroatoms. The predicted molar refractivity (Wildman–Crippen MR) is 118 cm³/mol.